The van der Waals surface area contributed by atoms with Crippen molar-refractivity contribution in [1.29, 1.82) is 0 Å². The van der Waals surface area contributed by atoms with E-state index in [9.17, 15) is 29.7 Å². The van der Waals surface area contributed by atoms with Gasteiger partial charge in [0.1, 0.15) is 0 Å². The Labute approximate surface area is 307 Å². The first-order valence-electron chi connectivity index (χ1n) is 14.2. The Kier molecular flexibility index (Phi) is 20.1. The minimum absolute atomic E-state index is 0. The molecular weight excluding hydrogens is 690 g/mol. The molecule has 0 amide bonds. The van der Waals surface area contributed by atoms with Crippen LogP contribution in [0.5, 0.6) is 35.3 Å². The first-order valence-corrected chi connectivity index (χ1v) is 14.2. The van der Waals surface area contributed by atoms with Gasteiger partial charge in [-0.2, -0.15) is 15.0 Å². The normalized spacial score (nSPS) is 13.0. The van der Waals surface area contributed by atoms with Gasteiger partial charge in [0.05, 0.1) is 77.3 Å². The van der Waals surface area contributed by atoms with Crippen molar-refractivity contribution in [3.05, 3.63) is 82.7 Å². The van der Waals surface area contributed by atoms with Crippen LogP contribution in [0.15, 0.2) is 36.4 Å². The number of aromatic nitrogens is 3. The smallest absolute Gasteiger partial charge is 0.545 e. The van der Waals surface area contributed by atoms with Crippen molar-refractivity contribution in [2.45, 2.75) is 34.6 Å². The number of carbonyl (C=O) groups is 3. The van der Waals surface area contributed by atoms with E-state index < -0.39 is 17.9 Å². The number of pyridine rings is 3. The minimum atomic E-state index is -1.33. The zero-order chi connectivity index (χ0) is 37.4. The van der Waals surface area contributed by atoms with E-state index in [4.69, 9.17) is 28.4 Å². The Bertz CT molecular complexity index is 1340. The molecule has 5 radical (unpaired) electrons. The van der Waals surface area contributed by atoms with Gasteiger partial charge in [0.25, 0.3) is 0 Å². The van der Waals surface area contributed by atoms with Gasteiger partial charge in [-0.1, -0.05) is 34.6 Å². The van der Waals surface area contributed by atoms with E-state index in [1.54, 1.807) is 0 Å². The summed E-state index contributed by atoms with van der Waals surface area (Å²) in [6.07, 6.45) is 0. The Morgan fingerprint density at radius 2 is 0.620 bits per heavy atom. The van der Waals surface area contributed by atoms with Crippen LogP contribution in [-0.2, 0) is 21.7 Å². The number of aromatic carboxylic acids is 3. The fourth-order valence-corrected chi connectivity index (χ4v) is 3.95. The van der Waals surface area contributed by atoms with Gasteiger partial charge in [-0.3, -0.25) is 0 Å². The second kappa shape index (κ2) is 22.2. The van der Waals surface area contributed by atoms with Crippen molar-refractivity contribution in [3.63, 3.8) is 0 Å². The molecule has 0 bridgehead atoms. The molecule has 1 saturated carbocycles. The number of rotatable bonds is 9. The van der Waals surface area contributed by atoms with Crippen molar-refractivity contribution in [3.8, 4) is 35.3 Å². The van der Waals surface area contributed by atoms with Crippen LogP contribution < -0.4 is 43.7 Å². The SMILES string of the molecule is COc1ccc(C(=O)[O-])c(OC)n1.COc1ccc(C(=O)[O-])c(OC)n1.COc1ccc(C(=O)[O-])c(OC)n1.C[C]1[C](C)[C](C)[C](C)[C]1C.[Ti+4]. The number of nitrogens with zero attached hydrogens (tertiary/aromatic N) is 3. The molecule has 0 unspecified atom stereocenters. The van der Waals surface area contributed by atoms with E-state index in [0.29, 0.717) is 17.6 Å². The standard InChI is InChI=1S/C10H15.3C8H9NO4.Ti/c1-6-7(2)9(4)10(5)8(6)3;3*1-12-6-4-3-5(8(10)11)7(9-6)13-2;/h1-5H3;3*3-4H,1-2H3,(H,10,11);/q;;;;+4/p-3. The Morgan fingerprint density at radius 1 is 0.420 bits per heavy atom. The summed E-state index contributed by atoms with van der Waals surface area (Å²) in [6, 6.07) is 8.23. The summed E-state index contributed by atoms with van der Waals surface area (Å²) in [5.41, 5.74) is -0.282. The largest absolute Gasteiger partial charge is 4.00 e. The maximum absolute atomic E-state index is 10.5. The fraction of sp³-hybridized carbons (Fsp3) is 0.324. The van der Waals surface area contributed by atoms with Gasteiger partial charge < -0.3 is 58.1 Å². The van der Waals surface area contributed by atoms with Crippen molar-refractivity contribution >= 4 is 17.9 Å². The molecule has 3 aromatic heterocycles. The summed E-state index contributed by atoms with van der Waals surface area (Å²) in [6.45, 7) is 11.0. The Hall–Kier alpha value is -4.63. The molecule has 1 fully saturated rings. The van der Waals surface area contributed by atoms with Crippen LogP contribution in [0.1, 0.15) is 65.7 Å². The van der Waals surface area contributed by atoms with Crippen LogP contribution in [0.2, 0.25) is 0 Å². The van der Waals surface area contributed by atoms with Crippen molar-refractivity contribution in [1.82, 2.24) is 15.0 Å². The molecule has 0 aromatic carbocycles. The van der Waals surface area contributed by atoms with E-state index in [2.05, 4.69) is 49.6 Å². The predicted octanol–water partition coefficient (Wildman–Crippen LogP) is 1.36. The predicted molar refractivity (Wildman–Crippen MR) is 170 cm³/mol. The van der Waals surface area contributed by atoms with Gasteiger partial charge in [0.2, 0.25) is 35.3 Å². The van der Waals surface area contributed by atoms with Gasteiger partial charge >= 0.3 is 21.7 Å². The average molecular weight is 730 g/mol. The fourth-order valence-electron chi connectivity index (χ4n) is 3.95. The molecule has 15 nitrogen and oxygen atoms in total. The zero-order valence-corrected chi connectivity index (χ0v) is 31.3. The number of carboxylic acid groups (broad SMARTS) is 3. The number of hydrogen-bond donors (Lipinski definition) is 0. The molecule has 1 aliphatic rings. The topological polar surface area (TPSA) is 214 Å². The van der Waals surface area contributed by atoms with Crippen LogP contribution in [-0.4, -0.2) is 75.5 Å². The third-order valence-corrected chi connectivity index (χ3v) is 7.18. The first-order chi connectivity index (χ1) is 23.1. The number of carboxylic acids is 3. The van der Waals surface area contributed by atoms with Gasteiger partial charge in [-0.25, -0.2) is 0 Å². The van der Waals surface area contributed by atoms with E-state index in [0.717, 1.165) is 0 Å². The van der Waals surface area contributed by atoms with E-state index in [-0.39, 0.29) is 56.0 Å². The number of ether oxygens (including phenoxy) is 6. The molecule has 0 saturated heterocycles. The third kappa shape index (κ3) is 12.7. The van der Waals surface area contributed by atoms with Crippen molar-refractivity contribution in [2.75, 3.05) is 42.7 Å². The second-order valence-electron chi connectivity index (χ2n) is 9.72. The molecule has 0 atom stereocenters. The molecule has 3 aromatic rings. The Balaban J connectivity index is 0.000000639. The van der Waals surface area contributed by atoms with Crippen molar-refractivity contribution < 1.29 is 79.8 Å². The van der Waals surface area contributed by atoms with E-state index >= 15 is 0 Å². The molecule has 0 spiro atoms. The summed E-state index contributed by atoms with van der Waals surface area (Å²) < 4.78 is 28.6. The van der Waals surface area contributed by atoms with Crippen LogP contribution in [0, 0.1) is 29.6 Å². The second-order valence-corrected chi connectivity index (χ2v) is 9.72. The monoisotopic (exact) mass is 729 g/mol. The molecule has 4 rings (SSSR count). The summed E-state index contributed by atoms with van der Waals surface area (Å²) in [5.74, 6) is 4.19. The van der Waals surface area contributed by atoms with Crippen LogP contribution in [0.25, 0.3) is 0 Å². The molecule has 265 valence electrons. The van der Waals surface area contributed by atoms with Crippen LogP contribution >= 0.6 is 0 Å². The Morgan fingerprint density at radius 3 is 0.760 bits per heavy atom. The third-order valence-electron chi connectivity index (χ3n) is 7.18. The van der Waals surface area contributed by atoms with Crippen molar-refractivity contribution in [2.24, 2.45) is 0 Å². The number of methoxy groups -OCH3 is 6. The van der Waals surface area contributed by atoms with Crippen LogP contribution in [0.4, 0.5) is 0 Å². The first kappa shape index (κ1) is 45.4. The molecule has 3 heterocycles. The summed E-state index contributed by atoms with van der Waals surface area (Å²) in [4.78, 5) is 42.8. The number of hydrogen-bond acceptors (Lipinski definition) is 15. The minimum Gasteiger partial charge on any atom is -0.545 e. The number of carbonyl (C=O) groups excluding carboxylic acids is 3. The molecular formula is C34H39N3O12Ti+. The maximum Gasteiger partial charge on any atom is 4.00 e. The summed E-state index contributed by atoms with van der Waals surface area (Å²) >= 11 is 0. The maximum atomic E-state index is 10.5. The zero-order valence-electron chi connectivity index (χ0n) is 29.7. The van der Waals surface area contributed by atoms with E-state index in [1.165, 1.54) is 109 Å². The van der Waals surface area contributed by atoms with Gasteiger partial charge in [0, 0.05) is 18.2 Å². The molecule has 0 N–H and O–H groups in total. The van der Waals surface area contributed by atoms with Crippen LogP contribution in [0.3, 0.4) is 0 Å². The molecule has 0 aliphatic heterocycles. The molecule has 1 aliphatic carbocycles. The quantitative estimate of drug-likeness (QED) is 0.284. The molecule has 16 heteroatoms. The van der Waals surface area contributed by atoms with Gasteiger partial charge in [-0.15, -0.1) is 0 Å². The van der Waals surface area contributed by atoms with Gasteiger partial charge in [-0.05, 0) is 47.8 Å². The average Bonchev–Trinajstić information content (AvgIpc) is 3.28. The van der Waals surface area contributed by atoms with E-state index in [1.807, 2.05) is 0 Å². The molecule has 50 heavy (non-hydrogen) atoms. The van der Waals surface area contributed by atoms with Gasteiger partial charge in [0.15, 0.2) is 0 Å². The summed E-state index contributed by atoms with van der Waals surface area (Å²) in [7, 11) is 8.28. The summed E-state index contributed by atoms with van der Waals surface area (Å²) in [5, 5.41) is 31.5.